The lowest BCUT2D eigenvalue weighted by Gasteiger charge is -2.22. The van der Waals surface area contributed by atoms with Crippen LogP contribution < -0.4 is 10.6 Å². The van der Waals surface area contributed by atoms with Crippen LogP contribution in [-0.4, -0.2) is 28.4 Å². The van der Waals surface area contributed by atoms with Gasteiger partial charge in [0, 0.05) is 18.8 Å². The van der Waals surface area contributed by atoms with E-state index in [4.69, 9.17) is 0 Å². The van der Waals surface area contributed by atoms with Crippen LogP contribution in [0.1, 0.15) is 36.9 Å². The maximum Gasteiger partial charge on any atom is 0.220 e. The van der Waals surface area contributed by atoms with E-state index in [0.717, 1.165) is 30.9 Å². The fourth-order valence-corrected chi connectivity index (χ4v) is 3.02. The summed E-state index contributed by atoms with van der Waals surface area (Å²) in [5, 5.41) is 6.34. The van der Waals surface area contributed by atoms with E-state index in [1.165, 1.54) is 18.4 Å². The number of pyridine rings is 1. The van der Waals surface area contributed by atoms with Crippen LogP contribution in [0.3, 0.4) is 0 Å². The Morgan fingerprint density at radius 1 is 1.36 bits per heavy atom. The number of fused-ring (bicyclic) bond motifs is 1. The molecule has 5 heteroatoms. The molecular formula is C17H24N4O. The number of carbonyl (C=O) groups is 1. The number of imidazole rings is 1. The van der Waals surface area contributed by atoms with Gasteiger partial charge >= 0.3 is 0 Å². The van der Waals surface area contributed by atoms with Gasteiger partial charge < -0.3 is 15.0 Å². The molecule has 118 valence electrons. The molecule has 2 aromatic rings. The summed E-state index contributed by atoms with van der Waals surface area (Å²) in [4.78, 5) is 16.5. The Labute approximate surface area is 131 Å². The van der Waals surface area contributed by atoms with E-state index < -0.39 is 0 Å². The van der Waals surface area contributed by atoms with Crippen molar-refractivity contribution in [3.63, 3.8) is 0 Å². The molecule has 0 bridgehead atoms. The van der Waals surface area contributed by atoms with Crippen LogP contribution >= 0.6 is 0 Å². The van der Waals surface area contributed by atoms with E-state index in [-0.39, 0.29) is 5.91 Å². The summed E-state index contributed by atoms with van der Waals surface area (Å²) >= 11 is 0. The Bertz CT molecular complexity index is 643. The number of carbonyl (C=O) groups excluding carboxylic acids is 1. The summed E-state index contributed by atoms with van der Waals surface area (Å²) in [5.74, 6) is 0.830. The maximum atomic E-state index is 12.0. The van der Waals surface area contributed by atoms with Crippen molar-refractivity contribution in [2.75, 3.05) is 13.1 Å². The third kappa shape index (κ3) is 3.85. The van der Waals surface area contributed by atoms with Crippen molar-refractivity contribution in [2.45, 2.75) is 39.2 Å². The summed E-state index contributed by atoms with van der Waals surface area (Å²) in [6.45, 7) is 4.74. The second-order valence-electron chi connectivity index (χ2n) is 6.21. The Hall–Kier alpha value is -1.88. The first kappa shape index (κ1) is 15.0. The van der Waals surface area contributed by atoms with Crippen LogP contribution in [0, 0.1) is 12.8 Å². The highest BCUT2D eigenvalue weighted by molar-refractivity contribution is 5.75. The number of rotatable bonds is 5. The molecule has 5 nitrogen and oxygen atoms in total. The molecule has 0 atom stereocenters. The lowest BCUT2D eigenvalue weighted by molar-refractivity contribution is -0.121. The number of aromatic nitrogens is 2. The number of nitrogens with one attached hydrogen (secondary N) is 2. The molecule has 1 amide bonds. The molecule has 3 rings (SSSR count). The minimum atomic E-state index is 0.131. The van der Waals surface area contributed by atoms with Gasteiger partial charge in [-0.3, -0.25) is 4.79 Å². The summed E-state index contributed by atoms with van der Waals surface area (Å²) in [7, 11) is 0. The van der Waals surface area contributed by atoms with Crippen molar-refractivity contribution >= 4 is 11.6 Å². The first-order valence-corrected chi connectivity index (χ1v) is 8.12. The van der Waals surface area contributed by atoms with Crippen molar-refractivity contribution in [3.8, 4) is 0 Å². The lowest BCUT2D eigenvalue weighted by Crippen LogP contribution is -2.29. The van der Waals surface area contributed by atoms with Gasteiger partial charge in [0.25, 0.3) is 0 Å². The van der Waals surface area contributed by atoms with Gasteiger partial charge in [0.15, 0.2) is 0 Å². The third-order valence-corrected chi connectivity index (χ3v) is 4.35. The minimum absolute atomic E-state index is 0.131. The molecular weight excluding hydrogens is 276 g/mol. The van der Waals surface area contributed by atoms with Crippen molar-refractivity contribution in [2.24, 2.45) is 5.92 Å². The van der Waals surface area contributed by atoms with E-state index >= 15 is 0 Å². The molecule has 22 heavy (non-hydrogen) atoms. The summed E-state index contributed by atoms with van der Waals surface area (Å²) in [6, 6.07) is 4.04. The molecule has 1 aliphatic heterocycles. The average molecular weight is 300 g/mol. The van der Waals surface area contributed by atoms with Gasteiger partial charge in [0.1, 0.15) is 5.65 Å². The molecule has 2 aromatic heterocycles. The zero-order chi connectivity index (χ0) is 15.4. The molecule has 0 spiro atoms. The topological polar surface area (TPSA) is 58.4 Å². The molecule has 2 N–H and O–H groups in total. The Kier molecular flexibility index (Phi) is 4.73. The summed E-state index contributed by atoms with van der Waals surface area (Å²) in [5.41, 5.74) is 3.02. The Morgan fingerprint density at radius 3 is 3.00 bits per heavy atom. The van der Waals surface area contributed by atoms with Crippen LogP contribution in [0.15, 0.2) is 24.5 Å². The van der Waals surface area contributed by atoms with E-state index in [2.05, 4.69) is 22.5 Å². The van der Waals surface area contributed by atoms with Crippen LogP contribution in [0.5, 0.6) is 0 Å². The number of amides is 1. The first-order chi connectivity index (χ1) is 10.7. The summed E-state index contributed by atoms with van der Waals surface area (Å²) < 4.78 is 2.01. The van der Waals surface area contributed by atoms with Gasteiger partial charge in [-0.15, -0.1) is 0 Å². The SMILES string of the molecule is Cc1ccc2nc(CNC(=O)CCC3CCNCC3)cn2c1. The minimum Gasteiger partial charge on any atom is -0.350 e. The van der Waals surface area contributed by atoms with Gasteiger partial charge in [0.05, 0.1) is 12.2 Å². The van der Waals surface area contributed by atoms with Gasteiger partial charge in [-0.05, 0) is 56.8 Å². The standard InChI is InChI=1S/C17H24N4O/c1-13-2-4-16-20-15(12-21(16)11-13)10-19-17(22)5-3-14-6-8-18-9-7-14/h2,4,11-12,14,18H,3,5-10H2,1H3,(H,19,22). The third-order valence-electron chi connectivity index (χ3n) is 4.35. The predicted octanol–water partition coefficient (Wildman–Crippen LogP) is 2.04. The Morgan fingerprint density at radius 2 is 2.18 bits per heavy atom. The number of hydrogen-bond donors (Lipinski definition) is 2. The molecule has 1 fully saturated rings. The Balaban J connectivity index is 1.47. The number of hydrogen-bond acceptors (Lipinski definition) is 3. The molecule has 0 aromatic carbocycles. The maximum absolute atomic E-state index is 12.0. The van der Waals surface area contributed by atoms with Gasteiger partial charge in [-0.2, -0.15) is 0 Å². The monoisotopic (exact) mass is 300 g/mol. The molecule has 0 unspecified atom stereocenters. The van der Waals surface area contributed by atoms with Crippen LogP contribution in [0.4, 0.5) is 0 Å². The van der Waals surface area contributed by atoms with Crippen LogP contribution in [0.25, 0.3) is 5.65 Å². The van der Waals surface area contributed by atoms with Gasteiger partial charge in [0.2, 0.25) is 5.91 Å². The predicted molar refractivity (Wildman–Crippen MR) is 86.6 cm³/mol. The fraction of sp³-hybridized carbons (Fsp3) is 0.529. The van der Waals surface area contributed by atoms with E-state index in [0.29, 0.717) is 18.9 Å². The normalized spacial score (nSPS) is 16.0. The van der Waals surface area contributed by atoms with Crippen molar-refractivity contribution < 1.29 is 4.79 Å². The highest BCUT2D eigenvalue weighted by atomic mass is 16.1. The number of piperidine rings is 1. The second-order valence-corrected chi connectivity index (χ2v) is 6.21. The van der Waals surface area contributed by atoms with E-state index in [1.807, 2.05) is 28.9 Å². The quantitative estimate of drug-likeness (QED) is 0.888. The van der Waals surface area contributed by atoms with Crippen LogP contribution in [0.2, 0.25) is 0 Å². The first-order valence-electron chi connectivity index (χ1n) is 8.12. The molecule has 1 saturated heterocycles. The van der Waals surface area contributed by atoms with Crippen molar-refractivity contribution in [1.82, 2.24) is 20.0 Å². The molecule has 0 saturated carbocycles. The number of nitrogens with zero attached hydrogens (tertiary/aromatic N) is 2. The smallest absolute Gasteiger partial charge is 0.220 e. The zero-order valence-corrected chi connectivity index (χ0v) is 13.1. The molecule has 1 aliphatic rings. The molecule has 3 heterocycles. The fourth-order valence-electron chi connectivity index (χ4n) is 3.02. The van der Waals surface area contributed by atoms with Gasteiger partial charge in [-0.1, -0.05) is 6.07 Å². The highest BCUT2D eigenvalue weighted by Gasteiger charge is 2.14. The van der Waals surface area contributed by atoms with Gasteiger partial charge in [-0.25, -0.2) is 4.98 Å². The van der Waals surface area contributed by atoms with E-state index in [9.17, 15) is 4.79 Å². The second kappa shape index (κ2) is 6.92. The molecule has 0 radical (unpaired) electrons. The lowest BCUT2D eigenvalue weighted by atomic mass is 9.93. The average Bonchev–Trinajstić information content (AvgIpc) is 2.94. The number of aryl methyl sites for hydroxylation is 1. The molecule has 0 aliphatic carbocycles. The van der Waals surface area contributed by atoms with Crippen molar-refractivity contribution in [1.29, 1.82) is 0 Å². The largest absolute Gasteiger partial charge is 0.350 e. The van der Waals surface area contributed by atoms with E-state index in [1.54, 1.807) is 0 Å². The van der Waals surface area contributed by atoms with Crippen LogP contribution in [-0.2, 0) is 11.3 Å². The highest BCUT2D eigenvalue weighted by Crippen LogP contribution is 2.17. The summed E-state index contributed by atoms with van der Waals surface area (Å²) in [6.07, 6.45) is 8.04. The zero-order valence-electron chi connectivity index (χ0n) is 13.1. The van der Waals surface area contributed by atoms with Crippen molar-refractivity contribution in [3.05, 3.63) is 35.8 Å².